The molecule has 0 radical (unpaired) electrons. The minimum absolute atomic E-state index is 0.179. The number of ether oxygens (including phenoxy) is 3. The lowest BCUT2D eigenvalue weighted by molar-refractivity contribution is -0.150. The van der Waals surface area contributed by atoms with E-state index in [0.29, 0.717) is 32.5 Å². The average molecular weight is 428 g/mol. The van der Waals surface area contributed by atoms with Crippen molar-refractivity contribution in [2.75, 3.05) is 26.3 Å². The molecule has 1 aromatic rings. The fourth-order valence-corrected chi connectivity index (χ4v) is 2.84. The Morgan fingerprint density at radius 3 is 2.31 bits per heavy atom. The molecule has 0 aromatic heterocycles. The van der Waals surface area contributed by atoms with Gasteiger partial charge >= 0.3 is 12.1 Å². The Morgan fingerprint density at radius 1 is 1.12 bits per heavy atom. The third-order valence-corrected chi connectivity index (χ3v) is 4.42. The molecule has 7 heteroatoms. The number of hydrogen-bond donors (Lipinski definition) is 0. The van der Waals surface area contributed by atoms with Crippen molar-refractivity contribution in [3.8, 4) is 5.75 Å². The minimum atomic E-state index is -0.512. The average Bonchev–Trinajstić information content (AvgIpc) is 2.59. The Morgan fingerprint density at radius 2 is 1.73 bits per heavy atom. The largest absolute Gasteiger partial charge is 0.490 e. The second-order valence-corrected chi connectivity index (χ2v) is 8.13. The molecule has 0 unspecified atom stereocenters. The minimum Gasteiger partial charge on any atom is -0.490 e. The van der Waals surface area contributed by atoms with Gasteiger partial charge in [-0.2, -0.15) is 0 Å². The van der Waals surface area contributed by atoms with Crippen LogP contribution in [0.3, 0.4) is 0 Å². The van der Waals surface area contributed by atoms with Crippen molar-refractivity contribution in [1.29, 1.82) is 0 Å². The van der Waals surface area contributed by atoms with Crippen LogP contribution in [0.2, 0.25) is 0 Å². The maximum Gasteiger partial charge on any atom is 0.410 e. The van der Waals surface area contributed by atoms with E-state index in [1.807, 2.05) is 45.0 Å². The van der Waals surface area contributed by atoms with E-state index < -0.39 is 5.60 Å². The van der Waals surface area contributed by atoms with Gasteiger partial charge < -0.3 is 19.1 Å². The number of amides is 1. The van der Waals surface area contributed by atoms with E-state index in [1.54, 1.807) is 4.90 Å². The van der Waals surface area contributed by atoms with Crippen molar-refractivity contribution in [2.45, 2.75) is 39.2 Å². The predicted molar refractivity (Wildman–Crippen MR) is 101 cm³/mol. The second kappa shape index (κ2) is 9.26. The van der Waals surface area contributed by atoms with E-state index in [1.165, 1.54) is 0 Å². The van der Waals surface area contributed by atoms with Crippen LogP contribution in [0.15, 0.2) is 28.7 Å². The van der Waals surface area contributed by atoms with Crippen LogP contribution in [-0.4, -0.2) is 48.9 Å². The number of piperidine rings is 1. The first-order chi connectivity index (χ1) is 12.2. The van der Waals surface area contributed by atoms with Gasteiger partial charge in [-0.3, -0.25) is 4.79 Å². The first-order valence-electron chi connectivity index (χ1n) is 8.77. The van der Waals surface area contributed by atoms with Crippen molar-refractivity contribution in [1.82, 2.24) is 4.90 Å². The van der Waals surface area contributed by atoms with Crippen LogP contribution < -0.4 is 4.74 Å². The van der Waals surface area contributed by atoms with Crippen molar-refractivity contribution in [2.24, 2.45) is 5.92 Å². The third kappa shape index (κ3) is 6.86. The quantitative estimate of drug-likeness (QED) is 0.524. The number of carbonyl (C=O) groups excluding carboxylic acids is 2. The van der Waals surface area contributed by atoms with Crippen LogP contribution >= 0.6 is 15.9 Å². The Bertz CT molecular complexity index is 603. The molecule has 0 N–H and O–H groups in total. The Hall–Kier alpha value is -1.76. The summed E-state index contributed by atoms with van der Waals surface area (Å²) in [6.07, 6.45) is 0.851. The van der Waals surface area contributed by atoms with Gasteiger partial charge in [-0.25, -0.2) is 4.79 Å². The van der Waals surface area contributed by atoms with Crippen molar-refractivity contribution >= 4 is 28.0 Å². The van der Waals surface area contributed by atoms with E-state index >= 15 is 0 Å². The fraction of sp³-hybridized carbons (Fsp3) is 0.579. The topological polar surface area (TPSA) is 65.1 Å². The van der Waals surface area contributed by atoms with Gasteiger partial charge in [-0.15, -0.1) is 0 Å². The second-order valence-electron chi connectivity index (χ2n) is 7.21. The summed E-state index contributed by atoms with van der Waals surface area (Å²) < 4.78 is 17.2. The summed E-state index contributed by atoms with van der Waals surface area (Å²) in [5, 5.41) is 0. The molecular weight excluding hydrogens is 402 g/mol. The van der Waals surface area contributed by atoms with Crippen LogP contribution in [-0.2, 0) is 14.3 Å². The Labute approximate surface area is 162 Å². The SMILES string of the molecule is CC(C)(C)OC(=O)N1CCC(C(=O)OCCOc2ccc(Br)cc2)CC1. The maximum absolute atomic E-state index is 12.1. The number of rotatable bonds is 5. The Balaban J connectivity index is 1.65. The lowest BCUT2D eigenvalue weighted by atomic mass is 9.97. The molecule has 0 spiro atoms. The van der Waals surface area contributed by atoms with Crippen LogP contribution in [0, 0.1) is 5.92 Å². The highest BCUT2D eigenvalue weighted by molar-refractivity contribution is 9.10. The van der Waals surface area contributed by atoms with E-state index in [0.717, 1.165) is 10.2 Å². The van der Waals surface area contributed by atoms with Gasteiger partial charge in [0.05, 0.1) is 5.92 Å². The molecule has 6 nitrogen and oxygen atoms in total. The van der Waals surface area contributed by atoms with Crippen LogP contribution in [0.25, 0.3) is 0 Å². The summed E-state index contributed by atoms with van der Waals surface area (Å²) in [5.74, 6) is 0.324. The number of esters is 1. The molecule has 0 aliphatic carbocycles. The van der Waals surface area contributed by atoms with Gasteiger partial charge in [0.15, 0.2) is 0 Å². The molecule has 1 aliphatic rings. The monoisotopic (exact) mass is 427 g/mol. The normalized spacial score (nSPS) is 15.5. The molecule has 1 saturated heterocycles. The fourth-order valence-electron chi connectivity index (χ4n) is 2.57. The van der Waals surface area contributed by atoms with Crippen molar-refractivity contribution in [3.63, 3.8) is 0 Å². The summed E-state index contributed by atoms with van der Waals surface area (Å²) in [5.41, 5.74) is -0.512. The van der Waals surface area contributed by atoms with Crippen LogP contribution in [0.4, 0.5) is 4.79 Å². The molecule has 1 fully saturated rings. The van der Waals surface area contributed by atoms with Gasteiger partial charge in [0, 0.05) is 17.6 Å². The molecule has 0 atom stereocenters. The molecule has 1 heterocycles. The van der Waals surface area contributed by atoms with Crippen molar-refractivity contribution < 1.29 is 23.8 Å². The summed E-state index contributed by atoms with van der Waals surface area (Å²) in [7, 11) is 0. The highest BCUT2D eigenvalue weighted by Gasteiger charge is 2.30. The molecule has 2 rings (SSSR count). The van der Waals surface area contributed by atoms with Gasteiger partial charge in [-0.1, -0.05) is 15.9 Å². The molecule has 144 valence electrons. The number of benzene rings is 1. The van der Waals surface area contributed by atoms with E-state index in [4.69, 9.17) is 14.2 Å². The summed E-state index contributed by atoms with van der Waals surface area (Å²) in [6, 6.07) is 7.47. The number of halogens is 1. The maximum atomic E-state index is 12.1. The highest BCUT2D eigenvalue weighted by Crippen LogP contribution is 2.21. The zero-order valence-corrected chi connectivity index (χ0v) is 17.1. The molecule has 1 amide bonds. The predicted octanol–water partition coefficient (Wildman–Crippen LogP) is 4.02. The molecular formula is C19H26BrNO5. The number of carbonyl (C=O) groups is 2. The lowest BCUT2D eigenvalue weighted by Crippen LogP contribution is -2.43. The van der Waals surface area contributed by atoms with E-state index in [9.17, 15) is 9.59 Å². The number of likely N-dealkylation sites (tertiary alicyclic amines) is 1. The van der Waals surface area contributed by atoms with E-state index in [2.05, 4.69) is 15.9 Å². The summed E-state index contributed by atoms with van der Waals surface area (Å²) >= 11 is 3.36. The standard InChI is InChI=1S/C19H26BrNO5/c1-19(2,3)26-18(23)21-10-8-14(9-11-21)17(22)25-13-12-24-16-6-4-15(20)5-7-16/h4-7,14H,8-13H2,1-3H3. The van der Waals surface area contributed by atoms with Gasteiger partial charge in [-0.05, 0) is 57.9 Å². The lowest BCUT2D eigenvalue weighted by Gasteiger charge is -2.32. The molecule has 1 aromatic carbocycles. The van der Waals surface area contributed by atoms with E-state index in [-0.39, 0.29) is 24.6 Å². The molecule has 1 aliphatic heterocycles. The smallest absolute Gasteiger partial charge is 0.410 e. The molecule has 0 saturated carbocycles. The summed E-state index contributed by atoms with van der Waals surface area (Å²) in [6.45, 7) is 7.04. The highest BCUT2D eigenvalue weighted by atomic mass is 79.9. The van der Waals surface area contributed by atoms with Gasteiger partial charge in [0.2, 0.25) is 0 Å². The van der Waals surface area contributed by atoms with Gasteiger partial charge in [0.25, 0.3) is 0 Å². The first-order valence-corrected chi connectivity index (χ1v) is 9.57. The third-order valence-electron chi connectivity index (χ3n) is 3.89. The first kappa shape index (κ1) is 20.6. The van der Waals surface area contributed by atoms with Crippen LogP contribution in [0.1, 0.15) is 33.6 Å². The zero-order valence-electron chi connectivity index (χ0n) is 15.5. The molecule has 26 heavy (non-hydrogen) atoms. The summed E-state index contributed by atoms with van der Waals surface area (Å²) in [4.78, 5) is 25.8. The number of hydrogen-bond acceptors (Lipinski definition) is 5. The van der Waals surface area contributed by atoms with Crippen molar-refractivity contribution in [3.05, 3.63) is 28.7 Å². The molecule has 0 bridgehead atoms. The number of nitrogens with zero attached hydrogens (tertiary/aromatic N) is 1. The Kier molecular flexibility index (Phi) is 7.32. The van der Waals surface area contributed by atoms with Gasteiger partial charge in [0.1, 0.15) is 24.6 Å². The van der Waals surface area contributed by atoms with Crippen LogP contribution in [0.5, 0.6) is 5.75 Å². The zero-order chi connectivity index (χ0) is 19.2.